The number of aryl methyl sites for hydroxylation is 3. The number of benzene rings is 2. The fourth-order valence-corrected chi connectivity index (χ4v) is 5.05. The molecule has 1 saturated heterocycles. The first kappa shape index (κ1) is 18.1. The van der Waals surface area contributed by atoms with Crippen LogP contribution in [0.3, 0.4) is 0 Å². The highest BCUT2D eigenvalue weighted by Crippen LogP contribution is 2.22. The lowest BCUT2D eigenvalue weighted by molar-refractivity contribution is 0.181. The number of rotatable bonds is 4. The summed E-state index contributed by atoms with van der Waals surface area (Å²) in [6.07, 6.45) is 0. The lowest BCUT2D eigenvalue weighted by atomic mass is 10.1. The van der Waals surface area contributed by atoms with Gasteiger partial charge in [0.05, 0.1) is 4.90 Å². The van der Waals surface area contributed by atoms with Crippen molar-refractivity contribution in [3.8, 4) is 0 Å². The Labute approximate surface area is 151 Å². The molecular weight excluding hydrogens is 332 g/mol. The standard InChI is InChI=1S/C20H26N2O2S/c1-16-5-4-6-19(14-16)15-21-9-11-22(12-10-21)25(23,24)20-8-7-17(2)13-18(20)3/h4-8,13-14H,9-12,15H2,1-3H3. The lowest BCUT2D eigenvalue weighted by Gasteiger charge is -2.34. The Morgan fingerprint density at radius 2 is 1.56 bits per heavy atom. The van der Waals surface area contributed by atoms with Crippen molar-refractivity contribution >= 4 is 10.0 Å². The van der Waals surface area contributed by atoms with Crippen LogP contribution in [0, 0.1) is 20.8 Å². The fourth-order valence-electron chi connectivity index (χ4n) is 3.42. The summed E-state index contributed by atoms with van der Waals surface area (Å²) >= 11 is 0. The molecule has 5 heteroatoms. The minimum absolute atomic E-state index is 0.435. The van der Waals surface area contributed by atoms with Gasteiger partial charge >= 0.3 is 0 Å². The second-order valence-corrected chi connectivity index (χ2v) is 8.84. The highest BCUT2D eigenvalue weighted by molar-refractivity contribution is 7.89. The van der Waals surface area contributed by atoms with Crippen molar-refractivity contribution in [2.24, 2.45) is 0 Å². The normalized spacial score (nSPS) is 16.9. The van der Waals surface area contributed by atoms with E-state index in [9.17, 15) is 8.42 Å². The molecule has 0 saturated carbocycles. The first-order valence-electron chi connectivity index (χ1n) is 8.71. The van der Waals surface area contributed by atoms with E-state index in [1.165, 1.54) is 11.1 Å². The van der Waals surface area contributed by atoms with Crippen LogP contribution in [-0.4, -0.2) is 43.8 Å². The van der Waals surface area contributed by atoms with E-state index in [0.29, 0.717) is 18.0 Å². The molecule has 1 fully saturated rings. The molecule has 0 unspecified atom stereocenters. The van der Waals surface area contributed by atoms with Gasteiger partial charge in [-0.1, -0.05) is 47.5 Å². The van der Waals surface area contributed by atoms with Crippen LogP contribution in [-0.2, 0) is 16.6 Å². The maximum Gasteiger partial charge on any atom is 0.243 e. The molecule has 0 N–H and O–H groups in total. The predicted molar refractivity (Wildman–Crippen MR) is 101 cm³/mol. The first-order valence-corrected chi connectivity index (χ1v) is 10.2. The Hall–Kier alpha value is -1.69. The molecule has 134 valence electrons. The van der Waals surface area contributed by atoms with Crippen molar-refractivity contribution in [1.82, 2.24) is 9.21 Å². The van der Waals surface area contributed by atoms with Gasteiger partial charge in [-0.2, -0.15) is 4.31 Å². The molecule has 0 radical (unpaired) electrons. The van der Waals surface area contributed by atoms with E-state index < -0.39 is 10.0 Å². The maximum absolute atomic E-state index is 12.9. The summed E-state index contributed by atoms with van der Waals surface area (Å²) in [6, 6.07) is 14.0. The van der Waals surface area contributed by atoms with Gasteiger partial charge in [0.25, 0.3) is 0 Å². The van der Waals surface area contributed by atoms with Crippen molar-refractivity contribution in [3.05, 3.63) is 64.7 Å². The molecule has 4 nitrogen and oxygen atoms in total. The third-order valence-electron chi connectivity index (χ3n) is 4.77. The van der Waals surface area contributed by atoms with Crippen molar-refractivity contribution in [1.29, 1.82) is 0 Å². The van der Waals surface area contributed by atoms with Gasteiger partial charge in [0.2, 0.25) is 10.0 Å². The summed E-state index contributed by atoms with van der Waals surface area (Å²) in [5, 5.41) is 0. The van der Waals surface area contributed by atoms with Gasteiger partial charge in [0, 0.05) is 32.7 Å². The minimum atomic E-state index is -3.41. The number of hydrogen-bond acceptors (Lipinski definition) is 3. The molecule has 1 aliphatic heterocycles. The van der Waals surface area contributed by atoms with E-state index in [1.54, 1.807) is 10.4 Å². The molecule has 3 rings (SSSR count). The highest BCUT2D eigenvalue weighted by atomic mass is 32.2. The van der Waals surface area contributed by atoms with E-state index in [2.05, 4.69) is 36.1 Å². The second-order valence-electron chi connectivity index (χ2n) is 6.94. The van der Waals surface area contributed by atoms with Crippen LogP contribution in [0.5, 0.6) is 0 Å². The van der Waals surface area contributed by atoms with Crippen molar-refractivity contribution in [3.63, 3.8) is 0 Å². The molecule has 0 bridgehead atoms. The summed E-state index contributed by atoms with van der Waals surface area (Å²) in [5.41, 5.74) is 4.45. The molecule has 0 atom stereocenters. The number of piperazine rings is 1. The average molecular weight is 359 g/mol. The molecule has 2 aromatic carbocycles. The van der Waals surface area contributed by atoms with Crippen LogP contribution >= 0.6 is 0 Å². The first-order chi connectivity index (χ1) is 11.9. The Kier molecular flexibility index (Phi) is 5.27. The molecule has 2 aromatic rings. The molecule has 0 aliphatic carbocycles. The van der Waals surface area contributed by atoms with Crippen LogP contribution < -0.4 is 0 Å². The third kappa shape index (κ3) is 4.11. The number of hydrogen-bond donors (Lipinski definition) is 0. The van der Waals surface area contributed by atoms with Crippen LogP contribution in [0.2, 0.25) is 0 Å². The Bertz CT molecular complexity index is 854. The van der Waals surface area contributed by atoms with Crippen LogP contribution in [0.1, 0.15) is 22.3 Å². The van der Waals surface area contributed by atoms with Crippen LogP contribution in [0.4, 0.5) is 0 Å². The summed E-state index contributed by atoms with van der Waals surface area (Å²) in [5.74, 6) is 0. The molecule has 0 spiro atoms. The summed E-state index contributed by atoms with van der Waals surface area (Å²) < 4.78 is 27.5. The largest absolute Gasteiger partial charge is 0.296 e. The van der Waals surface area contributed by atoms with Crippen molar-refractivity contribution in [2.75, 3.05) is 26.2 Å². The quantitative estimate of drug-likeness (QED) is 0.843. The summed E-state index contributed by atoms with van der Waals surface area (Å²) in [4.78, 5) is 2.76. The van der Waals surface area contributed by atoms with Gasteiger partial charge in [-0.05, 0) is 38.0 Å². The zero-order chi connectivity index (χ0) is 18.0. The summed E-state index contributed by atoms with van der Waals surface area (Å²) in [6.45, 7) is 9.43. The Morgan fingerprint density at radius 3 is 2.20 bits per heavy atom. The van der Waals surface area contributed by atoms with Crippen LogP contribution in [0.15, 0.2) is 47.4 Å². The molecule has 0 aromatic heterocycles. The average Bonchev–Trinajstić information content (AvgIpc) is 2.55. The topological polar surface area (TPSA) is 40.6 Å². The van der Waals surface area contributed by atoms with E-state index in [0.717, 1.165) is 30.8 Å². The van der Waals surface area contributed by atoms with Crippen LogP contribution in [0.25, 0.3) is 0 Å². The van der Waals surface area contributed by atoms with Gasteiger partial charge < -0.3 is 0 Å². The van der Waals surface area contributed by atoms with Crippen molar-refractivity contribution in [2.45, 2.75) is 32.2 Å². The Morgan fingerprint density at radius 1 is 0.880 bits per heavy atom. The number of nitrogens with zero attached hydrogens (tertiary/aromatic N) is 2. The van der Waals surface area contributed by atoms with Gasteiger partial charge in [-0.15, -0.1) is 0 Å². The highest BCUT2D eigenvalue weighted by Gasteiger charge is 2.29. The zero-order valence-corrected chi connectivity index (χ0v) is 16.0. The molecule has 1 heterocycles. The van der Waals surface area contributed by atoms with E-state index >= 15 is 0 Å². The lowest BCUT2D eigenvalue weighted by Crippen LogP contribution is -2.48. The fraction of sp³-hybridized carbons (Fsp3) is 0.400. The molecule has 0 amide bonds. The van der Waals surface area contributed by atoms with E-state index in [-0.39, 0.29) is 0 Å². The molecular formula is C20H26N2O2S. The predicted octanol–water partition coefficient (Wildman–Crippen LogP) is 3.12. The third-order valence-corrected chi connectivity index (χ3v) is 6.83. The summed E-state index contributed by atoms with van der Waals surface area (Å²) in [7, 11) is -3.41. The smallest absolute Gasteiger partial charge is 0.243 e. The van der Waals surface area contributed by atoms with Gasteiger partial charge in [0.1, 0.15) is 0 Å². The monoisotopic (exact) mass is 358 g/mol. The van der Waals surface area contributed by atoms with E-state index in [1.807, 2.05) is 26.0 Å². The molecule has 25 heavy (non-hydrogen) atoms. The van der Waals surface area contributed by atoms with E-state index in [4.69, 9.17) is 0 Å². The van der Waals surface area contributed by atoms with Crippen molar-refractivity contribution < 1.29 is 8.42 Å². The maximum atomic E-state index is 12.9. The minimum Gasteiger partial charge on any atom is -0.296 e. The van der Waals surface area contributed by atoms with Gasteiger partial charge in [-0.25, -0.2) is 8.42 Å². The van der Waals surface area contributed by atoms with Gasteiger partial charge in [0.15, 0.2) is 0 Å². The number of sulfonamides is 1. The zero-order valence-electron chi connectivity index (χ0n) is 15.2. The van der Waals surface area contributed by atoms with Gasteiger partial charge in [-0.3, -0.25) is 4.90 Å². The second kappa shape index (κ2) is 7.28. The molecule has 1 aliphatic rings. The Balaban J connectivity index is 1.67. The SMILES string of the molecule is Cc1cccc(CN2CCN(S(=O)(=O)c3ccc(C)cc3C)CC2)c1.